The summed E-state index contributed by atoms with van der Waals surface area (Å²) in [4.78, 5) is 12.5. The van der Waals surface area contributed by atoms with Crippen molar-refractivity contribution in [2.75, 3.05) is 24.4 Å². The number of nitrogens with one attached hydrogen (secondary N) is 1. The number of nitrogen functional groups attached to an aromatic ring is 1. The Morgan fingerprint density at radius 2 is 2.23 bits per heavy atom. The normalized spacial score (nSPS) is 12.3. The number of rotatable bonds is 7. The molecule has 0 spiro atoms. The Morgan fingerprint density at radius 3 is 2.86 bits per heavy atom. The van der Waals surface area contributed by atoms with Crippen LogP contribution in [-0.4, -0.2) is 44.2 Å². The van der Waals surface area contributed by atoms with Gasteiger partial charge in [-0.2, -0.15) is 0 Å². The molecule has 2 aromatic rings. The zero-order valence-corrected chi connectivity index (χ0v) is 14.1. The van der Waals surface area contributed by atoms with Crippen LogP contribution in [0.25, 0.3) is 0 Å². The van der Waals surface area contributed by atoms with Crippen LogP contribution >= 0.6 is 23.1 Å². The van der Waals surface area contributed by atoms with Gasteiger partial charge in [-0.15, -0.1) is 20.4 Å². The number of anilines is 2. The minimum Gasteiger partial charge on any atom is -0.377 e. The molecule has 2 rings (SSSR count). The molecule has 2 heterocycles. The van der Waals surface area contributed by atoms with Crippen LogP contribution in [0.3, 0.4) is 0 Å². The molecule has 0 bridgehead atoms. The topological polar surface area (TPSA) is 121 Å². The second-order valence-corrected chi connectivity index (χ2v) is 6.10. The van der Waals surface area contributed by atoms with E-state index in [9.17, 15) is 4.79 Å². The molecule has 11 heteroatoms. The molecule has 0 aromatic carbocycles. The van der Waals surface area contributed by atoms with Gasteiger partial charge in [0, 0.05) is 7.11 Å². The summed E-state index contributed by atoms with van der Waals surface area (Å²) in [7, 11) is 1.57. The van der Waals surface area contributed by atoms with E-state index < -0.39 is 6.04 Å². The van der Waals surface area contributed by atoms with Gasteiger partial charge in [-0.25, -0.2) is 0 Å². The van der Waals surface area contributed by atoms with Crippen molar-refractivity contribution in [1.29, 1.82) is 0 Å². The Morgan fingerprint density at radius 1 is 1.45 bits per heavy atom. The predicted octanol–water partition coefficient (Wildman–Crippen LogP) is 1.17. The highest BCUT2D eigenvalue weighted by Gasteiger charge is 2.25. The lowest BCUT2D eigenvalue weighted by molar-refractivity contribution is -0.119. The summed E-state index contributed by atoms with van der Waals surface area (Å²) in [5, 5.41) is 20.1. The number of carbonyl (C=O) groups excluding carboxylic acids is 1. The van der Waals surface area contributed by atoms with Crippen molar-refractivity contribution in [2.24, 2.45) is 0 Å². The molecule has 1 amide bonds. The molecular weight excluding hydrogens is 326 g/mol. The summed E-state index contributed by atoms with van der Waals surface area (Å²) in [5.41, 5.74) is 5.82. The van der Waals surface area contributed by atoms with Crippen LogP contribution < -0.4 is 11.1 Å². The number of amides is 1. The summed E-state index contributed by atoms with van der Waals surface area (Å²) >= 11 is 2.65. The molecule has 0 aliphatic carbocycles. The summed E-state index contributed by atoms with van der Waals surface area (Å²) < 4.78 is 6.60. The molecule has 9 nitrogen and oxygen atoms in total. The zero-order chi connectivity index (χ0) is 16.1. The van der Waals surface area contributed by atoms with Gasteiger partial charge in [-0.05, 0) is 12.7 Å². The van der Waals surface area contributed by atoms with E-state index in [4.69, 9.17) is 10.5 Å². The van der Waals surface area contributed by atoms with Gasteiger partial charge in [0.25, 0.3) is 0 Å². The van der Waals surface area contributed by atoms with E-state index in [2.05, 4.69) is 25.7 Å². The third-order valence-electron chi connectivity index (χ3n) is 2.84. The number of methoxy groups -OCH3 is 1. The average molecular weight is 343 g/mol. The van der Waals surface area contributed by atoms with Crippen LogP contribution in [0.5, 0.6) is 0 Å². The lowest BCUT2D eigenvalue weighted by Gasteiger charge is -2.17. The van der Waals surface area contributed by atoms with Gasteiger partial charge in [0.05, 0.1) is 0 Å². The molecule has 120 valence electrons. The molecule has 3 N–H and O–H groups in total. The number of nitrogens with two attached hydrogens (primary N) is 1. The predicted molar refractivity (Wildman–Crippen MR) is 84.8 cm³/mol. The Kier molecular flexibility index (Phi) is 5.69. The van der Waals surface area contributed by atoms with Crippen LogP contribution in [0.4, 0.5) is 11.1 Å². The number of thioether (sulfide) groups is 1. The average Bonchev–Trinajstić information content (AvgIpc) is 3.08. The largest absolute Gasteiger partial charge is 0.377 e. The maximum atomic E-state index is 12.5. The highest BCUT2D eigenvalue weighted by atomic mass is 32.2. The van der Waals surface area contributed by atoms with Gasteiger partial charge in [-0.1, -0.05) is 30.0 Å². The van der Waals surface area contributed by atoms with Crippen molar-refractivity contribution in [3.63, 3.8) is 0 Å². The number of nitrogens with zero attached hydrogens (tertiary/aromatic N) is 5. The number of aromatic nitrogens is 5. The first-order valence-corrected chi connectivity index (χ1v) is 8.51. The van der Waals surface area contributed by atoms with Gasteiger partial charge in [-0.3, -0.25) is 14.7 Å². The van der Waals surface area contributed by atoms with Gasteiger partial charge in [0.2, 0.25) is 17.0 Å². The Bertz CT molecular complexity index is 642. The van der Waals surface area contributed by atoms with Crippen molar-refractivity contribution in [3.8, 4) is 0 Å². The van der Waals surface area contributed by atoms with Crippen LogP contribution in [-0.2, 0) is 16.1 Å². The fourth-order valence-electron chi connectivity index (χ4n) is 1.88. The molecule has 0 aliphatic heterocycles. The molecule has 0 aliphatic rings. The van der Waals surface area contributed by atoms with Crippen molar-refractivity contribution in [3.05, 3.63) is 5.01 Å². The van der Waals surface area contributed by atoms with Crippen molar-refractivity contribution < 1.29 is 9.53 Å². The van der Waals surface area contributed by atoms with E-state index in [1.165, 1.54) is 23.1 Å². The first-order valence-electron chi connectivity index (χ1n) is 6.47. The molecule has 1 unspecified atom stereocenters. The summed E-state index contributed by atoms with van der Waals surface area (Å²) in [5.74, 6) is -0.0203. The smallest absolute Gasteiger partial charge is 0.249 e. The molecule has 22 heavy (non-hydrogen) atoms. The fourth-order valence-corrected chi connectivity index (χ4v) is 3.14. The summed E-state index contributed by atoms with van der Waals surface area (Å²) in [6.07, 6.45) is 2.40. The second-order valence-electron chi connectivity index (χ2n) is 4.26. The van der Waals surface area contributed by atoms with E-state index in [1.54, 1.807) is 11.7 Å². The highest BCUT2D eigenvalue weighted by molar-refractivity contribution is 7.98. The molecule has 0 saturated heterocycles. The first kappa shape index (κ1) is 16.6. The minimum atomic E-state index is -0.507. The minimum absolute atomic E-state index is 0.212. The number of ether oxygens (including phenoxy) is 1. The van der Waals surface area contributed by atoms with E-state index in [0.29, 0.717) is 28.3 Å². The van der Waals surface area contributed by atoms with Crippen molar-refractivity contribution in [1.82, 2.24) is 25.0 Å². The molecular formula is C11H17N7O2S2. The lowest BCUT2D eigenvalue weighted by atomic mass is 10.2. The van der Waals surface area contributed by atoms with E-state index in [0.717, 1.165) is 0 Å². The standard InChI is InChI=1S/C11H17N7O2S2/c1-4-6(18-9(12)15-17-11(18)21-3)8(19)13-10-16-14-7(22-10)5-20-2/h6H,4-5H2,1-3H3,(H2,12,15)(H,13,16,19). The van der Waals surface area contributed by atoms with Gasteiger partial charge in [0.15, 0.2) is 5.16 Å². The number of hydrogen-bond acceptors (Lipinski definition) is 9. The summed E-state index contributed by atoms with van der Waals surface area (Å²) in [6, 6.07) is -0.507. The molecule has 0 saturated carbocycles. The molecule has 0 fully saturated rings. The zero-order valence-electron chi connectivity index (χ0n) is 12.4. The molecule has 2 aromatic heterocycles. The monoisotopic (exact) mass is 343 g/mol. The van der Waals surface area contributed by atoms with Crippen molar-refractivity contribution >= 4 is 40.1 Å². The van der Waals surface area contributed by atoms with E-state index in [1.807, 2.05) is 13.2 Å². The van der Waals surface area contributed by atoms with Gasteiger partial charge < -0.3 is 10.5 Å². The van der Waals surface area contributed by atoms with Gasteiger partial charge in [0.1, 0.15) is 17.7 Å². The second kappa shape index (κ2) is 7.51. The highest BCUT2D eigenvalue weighted by Crippen LogP contribution is 2.25. The molecule has 0 radical (unpaired) electrons. The maximum Gasteiger partial charge on any atom is 0.249 e. The Hall–Kier alpha value is -1.72. The molecule has 1 atom stereocenters. The number of hydrogen-bond donors (Lipinski definition) is 2. The van der Waals surface area contributed by atoms with Crippen molar-refractivity contribution in [2.45, 2.75) is 31.1 Å². The Balaban J connectivity index is 2.16. The Labute approximate surface area is 135 Å². The number of carbonyl (C=O) groups is 1. The lowest BCUT2D eigenvalue weighted by Crippen LogP contribution is -2.27. The maximum absolute atomic E-state index is 12.5. The third-order valence-corrected chi connectivity index (χ3v) is 4.29. The van der Waals surface area contributed by atoms with Crippen LogP contribution in [0, 0.1) is 0 Å². The first-order chi connectivity index (χ1) is 10.6. The van der Waals surface area contributed by atoms with E-state index >= 15 is 0 Å². The third kappa shape index (κ3) is 3.54. The van der Waals surface area contributed by atoms with E-state index in [-0.39, 0.29) is 11.9 Å². The quantitative estimate of drug-likeness (QED) is 0.719. The fraction of sp³-hybridized carbons (Fsp3) is 0.545. The summed E-state index contributed by atoms with van der Waals surface area (Å²) in [6.45, 7) is 2.25. The van der Waals surface area contributed by atoms with Gasteiger partial charge >= 0.3 is 0 Å². The SMILES string of the molecule is CCC(C(=O)Nc1nnc(COC)s1)n1c(N)nnc1SC. The van der Waals surface area contributed by atoms with Crippen LogP contribution in [0.15, 0.2) is 5.16 Å². The van der Waals surface area contributed by atoms with Crippen LogP contribution in [0.2, 0.25) is 0 Å². The van der Waals surface area contributed by atoms with Crippen LogP contribution in [0.1, 0.15) is 24.4 Å².